The van der Waals surface area contributed by atoms with Crippen LogP contribution in [-0.2, 0) is 0 Å². The van der Waals surface area contributed by atoms with E-state index >= 15 is 0 Å². The average Bonchev–Trinajstić information content (AvgIpc) is 4.02. The van der Waals surface area contributed by atoms with Crippen LogP contribution in [0.25, 0.3) is 121 Å². The second-order valence-corrected chi connectivity index (χ2v) is 14.5. The van der Waals surface area contributed by atoms with Gasteiger partial charge in [0.05, 0.1) is 27.6 Å². The Balaban J connectivity index is 1.14. The van der Waals surface area contributed by atoms with Gasteiger partial charge in [-0.15, -0.1) is 0 Å². The van der Waals surface area contributed by atoms with E-state index in [9.17, 15) is 0 Å². The highest BCUT2D eigenvalue weighted by Gasteiger charge is 2.22. The van der Waals surface area contributed by atoms with Crippen LogP contribution < -0.4 is 0 Å². The van der Waals surface area contributed by atoms with Crippen LogP contribution in [-0.4, -0.2) is 18.9 Å². The molecule has 0 N–H and O–H groups in total. The number of hydrogen-bond acceptors (Lipinski definition) is 4. The van der Waals surface area contributed by atoms with Crippen molar-refractivity contribution in [2.45, 2.75) is 0 Å². The Kier molecular flexibility index (Phi) is 5.80. The summed E-state index contributed by atoms with van der Waals surface area (Å²) in [4.78, 5) is 10.6. The van der Waals surface area contributed by atoms with Gasteiger partial charge in [0, 0.05) is 48.8 Å². The second-order valence-electron chi connectivity index (χ2n) is 14.5. The van der Waals surface area contributed by atoms with Crippen molar-refractivity contribution in [2.75, 3.05) is 0 Å². The number of rotatable bonds is 3. The number of imidazole rings is 1. The lowest BCUT2D eigenvalue weighted by Crippen LogP contribution is -2.06. The summed E-state index contributed by atoms with van der Waals surface area (Å²) in [5, 5.41) is 7.67. The van der Waals surface area contributed by atoms with E-state index in [4.69, 9.17) is 18.8 Å². The molecule has 8 aromatic carbocycles. The molecule has 0 radical (unpaired) electrons. The zero-order valence-corrected chi connectivity index (χ0v) is 29.8. The summed E-state index contributed by atoms with van der Waals surface area (Å²) in [5.74, 6) is 0.784. The third-order valence-electron chi connectivity index (χ3n) is 11.5. The Morgan fingerprint density at radius 2 is 0.893 bits per heavy atom. The average molecular weight is 717 g/mol. The third kappa shape index (κ3) is 3.99. The second kappa shape index (κ2) is 10.9. The Labute approximate surface area is 318 Å². The lowest BCUT2D eigenvalue weighted by Gasteiger charge is -2.13. The fourth-order valence-corrected chi connectivity index (χ4v) is 9.00. The fourth-order valence-electron chi connectivity index (χ4n) is 9.00. The zero-order chi connectivity index (χ0) is 36.5. The Bertz CT molecular complexity index is 3610. The van der Waals surface area contributed by atoms with E-state index in [-0.39, 0.29) is 0 Å². The number of benzene rings is 8. The highest BCUT2D eigenvalue weighted by Crippen LogP contribution is 2.42. The van der Waals surface area contributed by atoms with Crippen molar-refractivity contribution in [2.24, 2.45) is 0 Å². The normalized spacial score (nSPS) is 12.3. The minimum Gasteiger partial charge on any atom is -0.455 e. The Morgan fingerprint density at radius 1 is 0.375 bits per heavy atom. The fraction of sp³-hybridized carbons (Fsp3) is 0. The van der Waals surface area contributed by atoms with Gasteiger partial charge >= 0.3 is 0 Å². The molecule has 56 heavy (non-hydrogen) atoms. The van der Waals surface area contributed by atoms with Crippen molar-refractivity contribution in [3.05, 3.63) is 170 Å². The first-order valence-electron chi connectivity index (χ1n) is 18.8. The summed E-state index contributed by atoms with van der Waals surface area (Å²) >= 11 is 0. The standard InChI is InChI=1S/C50H28N4O2/c1-4-18-40-37(13-1)49-51-41-19-5-6-20-44(41)54(49)50(52-40)53-42-25-23-29(31-14-9-16-35-33-11-2-7-21-45(33)55-47(31)35)27-38(42)39-28-30(24-26-43(39)53)32-15-10-17-36-34-12-3-8-22-46(34)56-48(32)36/h1-28H. The van der Waals surface area contributed by atoms with Gasteiger partial charge in [-0.25, -0.2) is 9.97 Å². The van der Waals surface area contributed by atoms with Crippen molar-refractivity contribution in [3.8, 4) is 28.2 Å². The first kappa shape index (κ1) is 29.7. The number of para-hydroxylation sites is 7. The van der Waals surface area contributed by atoms with Crippen molar-refractivity contribution in [3.63, 3.8) is 0 Å². The highest BCUT2D eigenvalue weighted by molar-refractivity contribution is 6.15. The summed E-state index contributed by atoms with van der Waals surface area (Å²) < 4.78 is 17.6. The number of hydrogen-bond donors (Lipinski definition) is 0. The summed E-state index contributed by atoms with van der Waals surface area (Å²) in [7, 11) is 0. The molecule has 0 aliphatic carbocycles. The van der Waals surface area contributed by atoms with Gasteiger partial charge in [-0.3, -0.25) is 8.97 Å². The monoisotopic (exact) mass is 716 g/mol. The summed E-state index contributed by atoms with van der Waals surface area (Å²) in [6.45, 7) is 0. The summed E-state index contributed by atoms with van der Waals surface area (Å²) in [6, 6.07) is 59.4. The zero-order valence-electron chi connectivity index (χ0n) is 29.8. The Hall–Kier alpha value is -7.70. The van der Waals surface area contributed by atoms with Crippen molar-refractivity contribution < 1.29 is 8.83 Å². The van der Waals surface area contributed by atoms with Gasteiger partial charge in [0.15, 0.2) is 0 Å². The molecule has 5 heterocycles. The van der Waals surface area contributed by atoms with E-state index in [2.05, 4.69) is 142 Å². The van der Waals surface area contributed by atoms with Gasteiger partial charge in [0.2, 0.25) is 5.95 Å². The SMILES string of the molecule is c1ccc2c(c1)nc(-n1c3ccc(-c4cccc5c4oc4ccccc45)cc3c3cc(-c4cccc5c4oc4ccccc45)ccc31)n1c3ccccc3nc21. The van der Waals surface area contributed by atoms with Crippen LogP contribution >= 0.6 is 0 Å². The molecule has 0 atom stereocenters. The number of aromatic nitrogens is 4. The molecule has 0 aliphatic heterocycles. The maximum atomic E-state index is 6.54. The van der Waals surface area contributed by atoms with Crippen LogP contribution in [0.3, 0.4) is 0 Å². The lowest BCUT2D eigenvalue weighted by atomic mass is 9.98. The lowest BCUT2D eigenvalue weighted by molar-refractivity contribution is 0.669. The molecule has 0 bridgehead atoms. The van der Waals surface area contributed by atoms with Crippen LogP contribution in [0.1, 0.15) is 0 Å². The maximum Gasteiger partial charge on any atom is 0.221 e. The van der Waals surface area contributed by atoms with Gasteiger partial charge in [-0.05, 0) is 71.8 Å². The van der Waals surface area contributed by atoms with Crippen LogP contribution in [0.4, 0.5) is 0 Å². The minimum absolute atomic E-state index is 0.784. The molecule has 0 saturated heterocycles. The van der Waals surface area contributed by atoms with Gasteiger partial charge in [-0.1, -0.05) is 109 Å². The van der Waals surface area contributed by atoms with Gasteiger partial charge in [0.25, 0.3) is 0 Å². The van der Waals surface area contributed by atoms with Crippen molar-refractivity contribution in [1.82, 2.24) is 18.9 Å². The van der Waals surface area contributed by atoms with E-state index in [1.54, 1.807) is 0 Å². The van der Waals surface area contributed by atoms with E-state index in [0.29, 0.717) is 0 Å². The maximum absolute atomic E-state index is 6.54. The number of fused-ring (bicyclic) bond motifs is 14. The molecule has 6 nitrogen and oxygen atoms in total. The van der Waals surface area contributed by atoms with E-state index in [1.807, 2.05) is 36.4 Å². The molecule has 0 spiro atoms. The van der Waals surface area contributed by atoms with Gasteiger partial charge < -0.3 is 8.83 Å². The van der Waals surface area contributed by atoms with Crippen LogP contribution in [0.15, 0.2) is 179 Å². The van der Waals surface area contributed by atoms with E-state index in [1.165, 1.54) is 0 Å². The topological polar surface area (TPSA) is 61.4 Å². The smallest absolute Gasteiger partial charge is 0.221 e. The predicted molar refractivity (Wildman–Crippen MR) is 228 cm³/mol. The molecule has 13 aromatic rings. The molecule has 5 aromatic heterocycles. The molecule has 260 valence electrons. The first-order valence-corrected chi connectivity index (χ1v) is 18.8. The molecular formula is C50H28N4O2. The largest absolute Gasteiger partial charge is 0.455 e. The molecule has 6 heteroatoms. The molecule has 0 saturated carbocycles. The number of furan rings is 2. The van der Waals surface area contributed by atoms with Gasteiger partial charge in [0.1, 0.15) is 28.0 Å². The Morgan fingerprint density at radius 3 is 1.52 bits per heavy atom. The van der Waals surface area contributed by atoms with Crippen molar-refractivity contribution in [1.29, 1.82) is 0 Å². The first-order chi connectivity index (χ1) is 27.8. The molecule has 0 amide bonds. The van der Waals surface area contributed by atoms with Gasteiger partial charge in [-0.2, -0.15) is 0 Å². The molecular weight excluding hydrogens is 689 g/mol. The molecule has 0 aliphatic rings. The molecule has 13 rings (SSSR count). The summed E-state index contributed by atoms with van der Waals surface area (Å²) in [6.07, 6.45) is 0. The van der Waals surface area contributed by atoms with Crippen LogP contribution in [0.2, 0.25) is 0 Å². The van der Waals surface area contributed by atoms with Crippen LogP contribution in [0.5, 0.6) is 0 Å². The molecule has 0 fully saturated rings. The van der Waals surface area contributed by atoms with E-state index in [0.717, 1.165) is 121 Å². The van der Waals surface area contributed by atoms with Crippen LogP contribution in [0, 0.1) is 0 Å². The molecule has 0 unspecified atom stereocenters. The number of nitrogens with zero attached hydrogens (tertiary/aromatic N) is 4. The van der Waals surface area contributed by atoms with Crippen molar-refractivity contribution >= 4 is 93.3 Å². The predicted octanol–water partition coefficient (Wildman–Crippen LogP) is 13.3. The van der Waals surface area contributed by atoms with E-state index < -0.39 is 0 Å². The minimum atomic E-state index is 0.784. The highest BCUT2D eigenvalue weighted by atomic mass is 16.3. The third-order valence-corrected chi connectivity index (χ3v) is 11.5. The summed E-state index contributed by atoms with van der Waals surface area (Å²) in [5.41, 5.74) is 13.6. The quantitative estimate of drug-likeness (QED) is 0.183.